The molecule has 1 aliphatic heterocycles. The Hall–Kier alpha value is -0.860. The molecule has 19 heavy (non-hydrogen) atoms. The molecule has 0 saturated carbocycles. The molecular formula is C17H24O2. The number of aliphatic hydroxyl groups is 1. The van der Waals surface area contributed by atoms with Crippen LogP contribution in [0, 0.1) is 5.92 Å². The maximum Gasteiger partial charge on any atom is 0.0860 e. The number of ether oxygens (including phenoxy) is 1. The van der Waals surface area contributed by atoms with Gasteiger partial charge in [0.1, 0.15) is 0 Å². The third kappa shape index (κ3) is 2.70. The van der Waals surface area contributed by atoms with Crippen molar-refractivity contribution in [2.24, 2.45) is 5.92 Å². The molecule has 104 valence electrons. The minimum absolute atomic E-state index is 0.0501. The van der Waals surface area contributed by atoms with Crippen molar-refractivity contribution >= 4 is 0 Å². The fraction of sp³-hybridized carbons (Fsp3) is 0.647. The smallest absolute Gasteiger partial charge is 0.0860 e. The topological polar surface area (TPSA) is 29.5 Å². The number of hydrogen-bond acceptors (Lipinski definition) is 2. The van der Waals surface area contributed by atoms with Crippen LogP contribution in [-0.4, -0.2) is 23.9 Å². The van der Waals surface area contributed by atoms with E-state index in [1.165, 1.54) is 30.4 Å². The Morgan fingerprint density at radius 2 is 2.16 bits per heavy atom. The minimum Gasteiger partial charge on any atom is -0.390 e. The van der Waals surface area contributed by atoms with Crippen LogP contribution in [0.25, 0.3) is 0 Å². The minimum atomic E-state index is -0.311. The summed E-state index contributed by atoms with van der Waals surface area (Å²) in [5.41, 5.74) is 2.93. The van der Waals surface area contributed by atoms with Crippen LogP contribution in [0.1, 0.15) is 49.7 Å². The highest BCUT2D eigenvalue weighted by atomic mass is 16.5. The fourth-order valence-electron chi connectivity index (χ4n) is 3.73. The summed E-state index contributed by atoms with van der Waals surface area (Å²) in [5, 5.41) is 10.5. The van der Waals surface area contributed by atoms with Crippen LogP contribution in [0.5, 0.6) is 0 Å². The van der Waals surface area contributed by atoms with Gasteiger partial charge in [-0.05, 0) is 55.1 Å². The molecule has 0 radical (unpaired) electrons. The van der Waals surface area contributed by atoms with E-state index in [1.54, 1.807) is 0 Å². The highest BCUT2D eigenvalue weighted by molar-refractivity contribution is 5.32. The van der Waals surface area contributed by atoms with E-state index in [0.29, 0.717) is 11.8 Å². The third-order valence-corrected chi connectivity index (χ3v) is 4.84. The lowest BCUT2D eigenvalue weighted by Crippen LogP contribution is -2.32. The van der Waals surface area contributed by atoms with Gasteiger partial charge in [0.05, 0.1) is 12.2 Å². The molecule has 0 amide bonds. The van der Waals surface area contributed by atoms with Gasteiger partial charge < -0.3 is 9.84 Å². The van der Waals surface area contributed by atoms with Crippen molar-refractivity contribution in [3.05, 3.63) is 35.4 Å². The molecular weight excluding hydrogens is 236 g/mol. The fourth-order valence-corrected chi connectivity index (χ4v) is 3.73. The summed E-state index contributed by atoms with van der Waals surface area (Å²) in [4.78, 5) is 0. The molecule has 2 heteroatoms. The largest absolute Gasteiger partial charge is 0.390 e. The van der Waals surface area contributed by atoms with E-state index in [2.05, 4.69) is 31.2 Å². The zero-order valence-corrected chi connectivity index (χ0v) is 11.7. The highest BCUT2D eigenvalue weighted by Crippen LogP contribution is 2.36. The first kappa shape index (κ1) is 13.1. The summed E-state index contributed by atoms with van der Waals surface area (Å²) in [6, 6.07) is 8.73. The van der Waals surface area contributed by atoms with Gasteiger partial charge in [-0.2, -0.15) is 0 Å². The summed E-state index contributed by atoms with van der Waals surface area (Å²) in [5.74, 6) is 1.00. The predicted molar refractivity (Wildman–Crippen MR) is 76.3 cm³/mol. The Morgan fingerprint density at radius 1 is 1.32 bits per heavy atom. The van der Waals surface area contributed by atoms with Crippen LogP contribution in [0.15, 0.2) is 24.3 Å². The number of aliphatic hydroxyl groups excluding tert-OH is 1. The molecule has 2 nitrogen and oxygen atoms in total. The second-order valence-electron chi connectivity index (χ2n) is 6.19. The van der Waals surface area contributed by atoms with E-state index in [9.17, 15) is 5.11 Å². The lowest BCUT2D eigenvalue weighted by atomic mass is 9.79. The van der Waals surface area contributed by atoms with Gasteiger partial charge in [-0.15, -0.1) is 0 Å². The second-order valence-corrected chi connectivity index (χ2v) is 6.19. The zero-order chi connectivity index (χ0) is 13.2. The average Bonchev–Trinajstić information content (AvgIpc) is 2.85. The third-order valence-electron chi connectivity index (χ3n) is 4.84. The Morgan fingerprint density at radius 3 is 2.95 bits per heavy atom. The molecule has 2 aliphatic rings. The van der Waals surface area contributed by atoms with Crippen LogP contribution in [0.2, 0.25) is 0 Å². The molecule has 4 unspecified atom stereocenters. The molecule has 1 heterocycles. The van der Waals surface area contributed by atoms with Crippen molar-refractivity contribution in [3.63, 3.8) is 0 Å². The highest BCUT2D eigenvalue weighted by Gasteiger charge is 2.33. The standard InChI is InChI=1S/C17H24O2/c1-12-9-10-19-17(12)16(18)11-14-7-4-6-13-5-2-3-8-15(13)14/h2-3,5,8,12,14,16-18H,4,6-7,9-11H2,1H3. The van der Waals surface area contributed by atoms with Crippen molar-refractivity contribution < 1.29 is 9.84 Å². The van der Waals surface area contributed by atoms with Gasteiger partial charge in [-0.25, -0.2) is 0 Å². The van der Waals surface area contributed by atoms with Gasteiger partial charge >= 0.3 is 0 Å². The van der Waals surface area contributed by atoms with Crippen molar-refractivity contribution in [2.75, 3.05) is 6.61 Å². The van der Waals surface area contributed by atoms with Crippen LogP contribution >= 0.6 is 0 Å². The van der Waals surface area contributed by atoms with Gasteiger partial charge in [-0.3, -0.25) is 0 Å². The number of hydrogen-bond donors (Lipinski definition) is 1. The Labute approximate surface area is 115 Å². The molecule has 1 fully saturated rings. The molecule has 1 N–H and O–H groups in total. The molecule has 0 bridgehead atoms. The Bertz CT molecular complexity index is 429. The van der Waals surface area contributed by atoms with Crippen LogP contribution in [0.3, 0.4) is 0 Å². The number of fused-ring (bicyclic) bond motifs is 1. The number of benzene rings is 1. The molecule has 3 rings (SSSR count). The van der Waals surface area contributed by atoms with E-state index < -0.39 is 0 Å². The molecule has 1 aromatic rings. The predicted octanol–water partition coefficient (Wildman–Crippen LogP) is 3.28. The van der Waals surface area contributed by atoms with Gasteiger partial charge in [-0.1, -0.05) is 31.2 Å². The molecule has 0 spiro atoms. The maximum absolute atomic E-state index is 10.5. The van der Waals surface area contributed by atoms with Crippen molar-refractivity contribution in [2.45, 2.75) is 57.2 Å². The second kappa shape index (κ2) is 5.64. The quantitative estimate of drug-likeness (QED) is 0.903. The Kier molecular flexibility index (Phi) is 3.90. The van der Waals surface area contributed by atoms with E-state index in [1.807, 2.05) is 0 Å². The maximum atomic E-state index is 10.5. The first-order valence-corrected chi connectivity index (χ1v) is 7.63. The van der Waals surface area contributed by atoms with Gasteiger partial charge in [0.15, 0.2) is 0 Å². The first-order chi connectivity index (χ1) is 9.25. The number of rotatable bonds is 3. The monoisotopic (exact) mass is 260 g/mol. The summed E-state index contributed by atoms with van der Waals surface area (Å²) in [7, 11) is 0. The Balaban J connectivity index is 1.70. The molecule has 1 aliphatic carbocycles. The number of aryl methyl sites for hydroxylation is 1. The van der Waals surface area contributed by atoms with E-state index in [4.69, 9.17) is 4.74 Å². The molecule has 1 saturated heterocycles. The van der Waals surface area contributed by atoms with Crippen LogP contribution < -0.4 is 0 Å². The van der Waals surface area contributed by atoms with E-state index in [0.717, 1.165) is 19.4 Å². The van der Waals surface area contributed by atoms with Gasteiger partial charge in [0.25, 0.3) is 0 Å². The summed E-state index contributed by atoms with van der Waals surface area (Å²) in [6.45, 7) is 3.00. The lowest BCUT2D eigenvalue weighted by molar-refractivity contribution is -0.0237. The zero-order valence-electron chi connectivity index (χ0n) is 11.7. The lowest BCUT2D eigenvalue weighted by Gasteiger charge is -2.30. The van der Waals surface area contributed by atoms with E-state index in [-0.39, 0.29) is 12.2 Å². The first-order valence-electron chi connectivity index (χ1n) is 7.63. The molecule has 4 atom stereocenters. The van der Waals surface area contributed by atoms with E-state index >= 15 is 0 Å². The van der Waals surface area contributed by atoms with Crippen molar-refractivity contribution in [1.82, 2.24) is 0 Å². The summed E-state index contributed by atoms with van der Waals surface area (Å²) < 4.78 is 5.71. The van der Waals surface area contributed by atoms with Gasteiger partial charge in [0.2, 0.25) is 0 Å². The molecule has 0 aromatic heterocycles. The summed E-state index contributed by atoms with van der Waals surface area (Å²) >= 11 is 0. The van der Waals surface area contributed by atoms with Crippen molar-refractivity contribution in [1.29, 1.82) is 0 Å². The van der Waals surface area contributed by atoms with Gasteiger partial charge in [0, 0.05) is 6.61 Å². The normalized spacial score (nSPS) is 32.0. The van der Waals surface area contributed by atoms with Crippen LogP contribution in [-0.2, 0) is 11.2 Å². The van der Waals surface area contributed by atoms with Crippen LogP contribution in [0.4, 0.5) is 0 Å². The SMILES string of the molecule is CC1CCOC1C(O)CC1CCCc2ccccc21. The molecule has 1 aromatic carbocycles. The average molecular weight is 260 g/mol. The summed E-state index contributed by atoms with van der Waals surface area (Å²) in [6.07, 6.45) is 5.32. The van der Waals surface area contributed by atoms with Crippen molar-refractivity contribution in [3.8, 4) is 0 Å².